The Kier molecular flexibility index (Phi) is 8.96. The summed E-state index contributed by atoms with van der Waals surface area (Å²) in [7, 11) is 0. The van der Waals surface area contributed by atoms with Gasteiger partial charge in [0.15, 0.2) is 0 Å². The molecule has 0 aromatic heterocycles. The topological polar surface area (TPSA) is 52.6 Å². The van der Waals surface area contributed by atoms with Crippen molar-refractivity contribution in [1.82, 2.24) is 0 Å². The predicted octanol–water partition coefficient (Wildman–Crippen LogP) is 2.64. The standard InChI is InChI=1S/C8H14O2.C5H8O2/c1-6(2)7(9)10-8(3,4)5;1-3-5(6)7-4-2/h1H2,2-5H3;3H,1,4H2,2H3. The molecule has 0 N–H and O–H groups in total. The van der Waals surface area contributed by atoms with Crippen LogP contribution in [0, 0.1) is 0 Å². The Bertz CT molecular complexity index is 284. The van der Waals surface area contributed by atoms with E-state index in [1.54, 1.807) is 13.8 Å². The van der Waals surface area contributed by atoms with Crippen LogP contribution in [0.25, 0.3) is 0 Å². The average Bonchev–Trinajstić information content (AvgIpc) is 2.16. The van der Waals surface area contributed by atoms with Crippen molar-refractivity contribution in [2.45, 2.75) is 40.2 Å². The lowest BCUT2D eigenvalue weighted by molar-refractivity contribution is -0.149. The molecule has 0 saturated carbocycles. The molecule has 4 nitrogen and oxygen atoms in total. The first-order chi connectivity index (χ1) is 7.64. The highest BCUT2D eigenvalue weighted by atomic mass is 16.6. The molecule has 0 saturated heterocycles. The second-order valence-corrected chi connectivity index (χ2v) is 4.24. The summed E-state index contributed by atoms with van der Waals surface area (Å²) in [5, 5.41) is 0. The molecule has 0 aromatic rings. The van der Waals surface area contributed by atoms with Crippen molar-refractivity contribution in [1.29, 1.82) is 0 Å². The van der Waals surface area contributed by atoms with Gasteiger partial charge in [-0.25, -0.2) is 9.59 Å². The summed E-state index contributed by atoms with van der Waals surface area (Å²) in [4.78, 5) is 20.9. The van der Waals surface area contributed by atoms with Crippen molar-refractivity contribution < 1.29 is 19.1 Å². The summed E-state index contributed by atoms with van der Waals surface area (Å²) in [5.74, 6) is -0.685. The van der Waals surface area contributed by atoms with E-state index in [1.165, 1.54) is 0 Å². The van der Waals surface area contributed by atoms with Crippen LogP contribution in [0.3, 0.4) is 0 Å². The Labute approximate surface area is 103 Å². The molecular formula is C13H22O4. The summed E-state index contributed by atoms with van der Waals surface area (Å²) in [6.45, 7) is 16.0. The van der Waals surface area contributed by atoms with Crippen LogP contribution >= 0.6 is 0 Å². The largest absolute Gasteiger partial charge is 0.463 e. The molecule has 0 aromatic carbocycles. The molecule has 0 atom stereocenters. The zero-order valence-corrected chi connectivity index (χ0v) is 11.3. The molecule has 0 aliphatic carbocycles. The molecule has 0 fully saturated rings. The number of carbonyl (C=O) groups excluding carboxylic acids is 2. The Morgan fingerprint density at radius 2 is 1.76 bits per heavy atom. The molecule has 0 spiro atoms. The fraction of sp³-hybridized carbons (Fsp3) is 0.538. The minimum atomic E-state index is -0.407. The van der Waals surface area contributed by atoms with Gasteiger partial charge in [0, 0.05) is 11.6 Å². The van der Waals surface area contributed by atoms with E-state index in [-0.39, 0.29) is 11.9 Å². The van der Waals surface area contributed by atoms with E-state index in [0.29, 0.717) is 12.2 Å². The summed E-state index contributed by atoms with van der Waals surface area (Å²) in [5.41, 5.74) is 0.0330. The van der Waals surface area contributed by atoms with Gasteiger partial charge < -0.3 is 9.47 Å². The summed E-state index contributed by atoms with van der Waals surface area (Å²) < 4.78 is 9.39. The fourth-order valence-electron chi connectivity index (χ4n) is 0.566. The van der Waals surface area contributed by atoms with Crippen molar-refractivity contribution in [2.24, 2.45) is 0 Å². The highest BCUT2D eigenvalue weighted by molar-refractivity contribution is 5.87. The van der Waals surface area contributed by atoms with Crippen LogP contribution in [-0.4, -0.2) is 24.1 Å². The van der Waals surface area contributed by atoms with Crippen LogP contribution < -0.4 is 0 Å². The van der Waals surface area contributed by atoms with Gasteiger partial charge in [0.2, 0.25) is 0 Å². The molecule has 0 radical (unpaired) electrons. The first-order valence-electron chi connectivity index (χ1n) is 5.32. The third-order valence-corrected chi connectivity index (χ3v) is 1.20. The number of rotatable bonds is 3. The molecular weight excluding hydrogens is 220 g/mol. The summed E-state index contributed by atoms with van der Waals surface area (Å²) in [6.07, 6.45) is 1.14. The van der Waals surface area contributed by atoms with Gasteiger partial charge in [0.25, 0.3) is 0 Å². The smallest absolute Gasteiger partial charge is 0.333 e. The van der Waals surface area contributed by atoms with Crippen LogP contribution in [0.15, 0.2) is 24.8 Å². The maximum atomic E-state index is 10.8. The summed E-state index contributed by atoms with van der Waals surface area (Å²) in [6, 6.07) is 0. The number of esters is 2. The van der Waals surface area contributed by atoms with Gasteiger partial charge in [-0.3, -0.25) is 0 Å². The second kappa shape index (κ2) is 8.56. The van der Waals surface area contributed by atoms with E-state index in [9.17, 15) is 9.59 Å². The number of hydrogen-bond acceptors (Lipinski definition) is 4. The van der Waals surface area contributed by atoms with Crippen molar-refractivity contribution in [2.75, 3.05) is 6.61 Å². The van der Waals surface area contributed by atoms with Gasteiger partial charge in [-0.05, 0) is 34.6 Å². The summed E-state index contributed by atoms with van der Waals surface area (Å²) >= 11 is 0. The molecule has 0 bridgehead atoms. The van der Waals surface area contributed by atoms with Crippen molar-refractivity contribution in [3.63, 3.8) is 0 Å². The number of carbonyl (C=O) groups is 2. The highest BCUT2D eigenvalue weighted by Crippen LogP contribution is 2.09. The minimum Gasteiger partial charge on any atom is -0.463 e. The third kappa shape index (κ3) is 14.4. The Hall–Kier alpha value is -1.58. The SMILES string of the molecule is C=C(C)C(=O)OC(C)(C)C.C=CC(=O)OCC. The predicted molar refractivity (Wildman–Crippen MR) is 67.5 cm³/mol. The van der Waals surface area contributed by atoms with E-state index in [0.717, 1.165) is 6.08 Å². The van der Waals surface area contributed by atoms with E-state index in [2.05, 4.69) is 17.9 Å². The third-order valence-electron chi connectivity index (χ3n) is 1.20. The number of hydrogen-bond donors (Lipinski definition) is 0. The molecule has 17 heavy (non-hydrogen) atoms. The lowest BCUT2D eigenvalue weighted by atomic mass is 10.2. The van der Waals surface area contributed by atoms with Crippen LogP contribution in [0.1, 0.15) is 34.6 Å². The Morgan fingerprint density at radius 1 is 1.29 bits per heavy atom. The quantitative estimate of drug-likeness (QED) is 0.564. The van der Waals surface area contributed by atoms with Crippen molar-refractivity contribution in [3.05, 3.63) is 24.8 Å². The molecule has 0 heterocycles. The lowest BCUT2D eigenvalue weighted by Gasteiger charge is -2.19. The fourth-order valence-corrected chi connectivity index (χ4v) is 0.566. The van der Waals surface area contributed by atoms with Crippen LogP contribution in [0.4, 0.5) is 0 Å². The van der Waals surface area contributed by atoms with Crippen molar-refractivity contribution in [3.8, 4) is 0 Å². The van der Waals surface area contributed by atoms with Crippen LogP contribution in [0.2, 0.25) is 0 Å². The Morgan fingerprint density at radius 3 is 1.88 bits per heavy atom. The zero-order chi connectivity index (χ0) is 14.1. The highest BCUT2D eigenvalue weighted by Gasteiger charge is 2.15. The molecule has 4 heteroatoms. The first-order valence-corrected chi connectivity index (χ1v) is 5.32. The maximum Gasteiger partial charge on any atom is 0.333 e. The van der Waals surface area contributed by atoms with E-state index >= 15 is 0 Å². The maximum absolute atomic E-state index is 10.8. The van der Waals surface area contributed by atoms with Gasteiger partial charge in [0.05, 0.1) is 6.61 Å². The van der Waals surface area contributed by atoms with Gasteiger partial charge in [-0.1, -0.05) is 13.2 Å². The van der Waals surface area contributed by atoms with Gasteiger partial charge in [0.1, 0.15) is 5.60 Å². The minimum absolute atomic E-state index is 0.326. The van der Waals surface area contributed by atoms with Crippen molar-refractivity contribution >= 4 is 11.9 Å². The Balaban J connectivity index is 0. The van der Waals surface area contributed by atoms with Gasteiger partial charge >= 0.3 is 11.9 Å². The average molecular weight is 242 g/mol. The number of ether oxygens (including phenoxy) is 2. The first kappa shape index (κ1) is 17.8. The van der Waals surface area contributed by atoms with Crippen LogP contribution in [0.5, 0.6) is 0 Å². The lowest BCUT2D eigenvalue weighted by Crippen LogP contribution is -2.23. The van der Waals surface area contributed by atoms with Gasteiger partial charge in [-0.15, -0.1) is 0 Å². The molecule has 0 rings (SSSR count). The van der Waals surface area contributed by atoms with E-state index < -0.39 is 5.60 Å². The normalized spacial score (nSPS) is 9.47. The molecule has 0 unspecified atom stereocenters. The van der Waals surface area contributed by atoms with E-state index in [4.69, 9.17) is 4.74 Å². The zero-order valence-electron chi connectivity index (χ0n) is 11.3. The van der Waals surface area contributed by atoms with Gasteiger partial charge in [-0.2, -0.15) is 0 Å². The second-order valence-electron chi connectivity index (χ2n) is 4.24. The molecule has 0 amide bonds. The van der Waals surface area contributed by atoms with E-state index in [1.807, 2.05) is 20.8 Å². The van der Waals surface area contributed by atoms with Crippen LogP contribution in [-0.2, 0) is 19.1 Å². The molecule has 0 aliphatic heterocycles. The molecule has 98 valence electrons. The molecule has 0 aliphatic rings. The monoisotopic (exact) mass is 242 g/mol.